The topological polar surface area (TPSA) is 78.1 Å². The van der Waals surface area contributed by atoms with Crippen molar-refractivity contribution in [3.63, 3.8) is 0 Å². The summed E-state index contributed by atoms with van der Waals surface area (Å²) in [6.07, 6.45) is 1.63. The molecule has 2 aromatic rings. The van der Waals surface area contributed by atoms with Gasteiger partial charge in [-0.15, -0.1) is 0 Å². The Hall–Kier alpha value is -1.28. The van der Waals surface area contributed by atoms with Gasteiger partial charge in [0.05, 0.1) is 6.61 Å². The molecule has 0 radical (unpaired) electrons. The molecule has 0 aliphatic rings. The maximum Gasteiger partial charge on any atom is 0.321 e. The first kappa shape index (κ1) is 16.1. The van der Waals surface area contributed by atoms with Gasteiger partial charge in [-0.3, -0.25) is 9.78 Å². The number of carbonyl (C=O) groups excluding carboxylic acids is 1. The van der Waals surface area contributed by atoms with E-state index in [4.69, 9.17) is 9.26 Å². The molecule has 112 valence electrons. The van der Waals surface area contributed by atoms with Gasteiger partial charge in [-0.2, -0.15) is 4.98 Å². The minimum Gasteiger partial charge on any atom is -0.465 e. The minimum absolute atomic E-state index is 0.188. The van der Waals surface area contributed by atoms with Crippen molar-refractivity contribution < 1.29 is 14.1 Å². The third-order valence-electron chi connectivity index (χ3n) is 2.77. The highest BCUT2D eigenvalue weighted by Crippen LogP contribution is 2.29. The van der Waals surface area contributed by atoms with Crippen LogP contribution in [0.3, 0.4) is 0 Å². The van der Waals surface area contributed by atoms with Crippen LogP contribution in [0.4, 0.5) is 0 Å². The predicted molar refractivity (Wildman–Crippen MR) is 82.6 cm³/mol. The Kier molecular flexibility index (Phi) is 4.77. The van der Waals surface area contributed by atoms with E-state index in [2.05, 4.69) is 47.0 Å². The zero-order valence-electron chi connectivity index (χ0n) is 11.7. The van der Waals surface area contributed by atoms with Gasteiger partial charge < -0.3 is 9.26 Å². The molecule has 0 atom stereocenters. The van der Waals surface area contributed by atoms with E-state index in [1.807, 2.05) is 6.07 Å². The van der Waals surface area contributed by atoms with Crippen LogP contribution in [-0.4, -0.2) is 27.7 Å². The van der Waals surface area contributed by atoms with Crippen molar-refractivity contribution in [1.82, 2.24) is 15.1 Å². The van der Waals surface area contributed by atoms with Crippen LogP contribution in [0.15, 0.2) is 25.7 Å². The van der Waals surface area contributed by atoms with Crippen molar-refractivity contribution in [3.05, 3.63) is 27.1 Å². The Morgan fingerprint density at radius 2 is 2.14 bits per heavy atom. The average Bonchev–Trinajstić information content (AvgIpc) is 2.89. The summed E-state index contributed by atoms with van der Waals surface area (Å²) in [4.78, 5) is 20.4. The zero-order chi connectivity index (χ0) is 15.6. The maximum atomic E-state index is 11.9. The molecule has 0 amide bonds. The molecule has 0 bridgehead atoms. The number of hydrogen-bond donors (Lipinski definition) is 0. The fourth-order valence-corrected chi connectivity index (χ4v) is 2.72. The van der Waals surface area contributed by atoms with Gasteiger partial charge in [0.25, 0.3) is 0 Å². The second-order valence-electron chi connectivity index (χ2n) is 4.75. The van der Waals surface area contributed by atoms with Crippen LogP contribution in [0.5, 0.6) is 0 Å². The summed E-state index contributed by atoms with van der Waals surface area (Å²) < 4.78 is 11.8. The summed E-state index contributed by atoms with van der Waals surface area (Å²) in [6, 6.07) is 1.83. The molecule has 2 rings (SSSR count). The standard InChI is InChI=1S/C13H13Br2N3O3/c1-4-20-12(19)13(2,3)11-17-10(18-21-11)9-8(15)5-7(14)6-16-9/h5-6H,4H2,1-3H3. The number of ether oxygens (including phenoxy) is 1. The molecular formula is C13H13Br2N3O3. The Morgan fingerprint density at radius 1 is 1.43 bits per heavy atom. The molecule has 0 fully saturated rings. The fourth-order valence-electron chi connectivity index (χ4n) is 1.55. The molecule has 2 heterocycles. The lowest BCUT2D eigenvalue weighted by Crippen LogP contribution is -2.31. The second-order valence-corrected chi connectivity index (χ2v) is 6.52. The molecule has 0 aliphatic heterocycles. The van der Waals surface area contributed by atoms with E-state index in [0.717, 1.165) is 8.95 Å². The molecular weight excluding hydrogens is 406 g/mol. The third-order valence-corrected chi connectivity index (χ3v) is 3.80. The molecule has 0 aromatic carbocycles. The van der Waals surface area contributed by atoms with Gasteiger partial charge in [0.1, 0.15) is 11.1 Å². The van der Waals surface area contributed by atoms with Gasteiger partial charge in [0, 0.05) is 15.1 Å². The third kappa shape index (κ3) is 3.32. The van der Waals surface area contributed by atoms with Crippen molar-refractivity contribution in [2.24, 2.45) is 0 Å². The van der Waals surface area contributed by atoms with Crippen LogP contribution in [0.2, 0.25) is 0 Å². The highest BCUT2D eigenvalue weighted by atomic mass is 79.9. The molecule has 6 nitrogen and oxygen atoms in total. The smallest absolute Gasteiger partial charge is 0.321 e. The number of esters is 1. The Labute approximate surface area is 138 Å². The van der Waals surface area contributed by atoms with E-state index in [1.54, 1.807) is 27.0 Å². The van der Waals surface area contributed by atoms with E-state index in [0.29, 0.717) is 18.1 Å². The Bertz CT molecular complexity index is 670. The summed E-state index contributed by atoms with van der Waals surface area (Å²) in [5, 5.41) is 3.88. The number of nitrogens with zero attached hydrogens (tertiary/aromatic N) is 3. The van der Waals surface area contributed by atoms with Crippen molar-refractivity contribution >= 4 is 37.8 Å². The fraction of sp³-hybridized carbons (Fsp3) is 0.385. The first-order valence-electron chi connectivity index (χ1n) is 6.19. The minimum atomic E-state index is -1.01. The number of halogens is 2. The lowest BCUT2D eigenvalue weighted by atomic mass is 9.94. The van der Waals surface area contributed by atoms with Gasteiger partial charge in [-0.1, -0.05) is 5.16 Å². The normalized spacial score (nSPS) is 11.5. The summed E-state index contributed by atoms with van der Waals surface area (Å²) in [5.74, 6) is 0.0809. The van der Waals surface area contributed by atoms with Crippen molar-refractivity contribution in [2.45, 2.75) is 26.2 Å². The monoisotopic (exact) mass is 417 g/mol. The quantitative estimate of drug-likeness (QED) is 0.707. The molecule has 0 spiro atoms. The number of carbonyl (C=O) groups is 1. The predicted octanol–water partition coefficient (Wildman–Crippen LogP) is 3.50. The van der Waals surface area contributed by atoms with Gasteiger partial charge in [0.2, 0.25) is 11.7 Å². The van der Waals surface area contributed by atoms with E-state index in [1.165, 1.54) is 0 Å². The summed E-state index contributed by atoms with van der Waals surface area (Å²) in [5.41, 5.74) is -0.476. The number of pyridine rings is 1. The van der Waals surface area contributed by atoms with Gasteiger partial charge in [-0.25, -0.2) is 0 Å². The summed E-state index contributed by atoms with van der Waals surface area (Å²) >= 11 is 6.72. The molecule has 0 unspecified atom stereocenters. The SMILES string of the molecule is CCOC(=O)C(C)(C)c1nc(-c2ncc(Br)cc2Br)no1. The average molecular weight is 419 g/mol. The van der Waals surface area contributed by atoms with E-state index in [9.17, 15) is 4.79 Å². The number of aromatic nitrogens is 3. The van der Waals surface area contributed by atoms with E-state index >= 15 is 0 Å². The van der Waals surface area contributed by atoms with Crippen LogP contribution in [-0.2, 0) is 14.9 Å². The van der Waals surface area contributed by atoms with Crippen LogP contribution in [0, 0.1) is 0 Å². The largest absolute Gasteiger partial charge is 0.465 e. The van der Waals surface area contributed by atoms with Crippen molar-refractivity contribution in [1.29, 1.82) is 0 Å². The lowest BCUT2D eigenvalue weighted by molar-refractivity contribution is -0.149. The molecule has 2 aromatic heterocycles. The molecule has 0 saturated heterocycles. The Balaban J connectivity index is 2.35. The van der Waals surface area contributed by atoms with Gasteiger partial charge >= 0.3 is 5.97 Å². The van der Waals surface area contributed by atoms with Crippen LogP contribution < -0.4 is 0 Å². The molecule has 21 heavy (non-hydrogen) atoms. The first-order valence-corrected chi connectivity index (χ1v) is 7.77. The van der Waals surface area contributed by atoms with Gasteiger partial charge in [0.15, 0.2) is 0 Å². The molecule has 0 N–H and O–H groups in total. The lowest BCUT2D eigenvalue weighted by Gasteiger charge is -2.16. The first-order chi connectivity index (χ1) is 9.86. The van der Waals surface area contributed by atoms with Gasteiger partial charge in [-0.05, 0) is 58.7 Å². The van der Waals surface area contributed by atoms with Crippen LogP contribution in [0.1, 0.15) is 26.7 Å². The zero-order valence-corrected chi connectivity index (χ0v) is 14.9. The maximum absolute atomic E-state index is 11.9. The molecule has 0 saturated carbocycles. The number of hydrogen-bond acceptors (Lipinski definition) is 6. The van der Waals surface area contributed by atoms with E-state index < -0.39 is 11.4 Å². The second kappa shape index (κ2) is 6.23. The van der Waals surface area contributed by atoms with Crippen molar-refractivity contribution in [2.75, 3.05) is 6.61 Å². The highest BCUT2D eigenvalue weighted by molar-refractivity contribution is 9.11. The van der Waals surface area contributed by atoms with Crippen LogP contribution >= 0.6 is 31.9 Å². The summed E-state index contributed by atoms with van der Waals surface area (Å²) in [6.45, 7) is 5.39. The highest BCUT2D eigenvalue weighted by Gasteiger charge is 2.37. The van der Waals surface area contributed by atoms with Crippen molar-refractivity contribution in [3.8, 4) is 11.5 Å². The Morgan fingerprint density at radius 3 is 2.76 bits per heavy atom. The summed E-state index contributed by atoms with van der Waals surface area (Å²) in [7, 11) is 0. The molecule has 8 heteroatoms. The number of rotatable bonds is 4. The molecule has 0 aliphatic carbocycles. The van der Waals surface area contributed by atoms with Crippen LogP contribution in [0.25, 0.3) is 11.5 Å². The van der Waals surface area contributed by atoms with E-state index in [-0.39, 0.29) is 5.89 Å².